The van der Waals surface area contributed by atoms with E-state index < -0.39 is 23.6 Å². The third-order valence-corrected chi connectivity index (χ3v) is 4.66. The molecule has 1 aliphatic heterocycles. The fourth-order valence-corrected chi connectivity index (χ4v) is 3.17. The summed E-state index contributed by atoms with van der Waals surface area (Å²) in [6.07, 6.45) is -3.67. The molecule has 1 aliphatic carbocycles. The topological polar surface area (TPSA) is 49.4 Å². The Hall–Kier alpha value is -1.27. The highest BCUT2D eigenvalue weighted by molar-refractivity contribution is 5.92. The number of hydrogen-bond acceptors (Lipinski definition) is 2. The number of halogens is 3. The summed E-state index contributed by atoms with van der Waals surface area (Å²) in [6, 6.07) is 0. The van der Waals surface area contributed by atoms with Crippen molar-refractivity contribution in [1.29, 1.82) is 0 Å². The molecule has 4 nitrogen and oxygen atoms in total. The van der Waals surface area contributed by atoms with Crippen LogP contribution >= 0.6 is 0 Å². The fraction of sp³-hybridized carbons (Fsp3) is 0.857. The van der Waals surface area contributed by atoms with Crippen molar-refractivity contribution in [2.75, 3.05) is 13.1 Å². The number of nitrogens with zero attached hydrogens (tertiary/aromatic N) is 1. The minimum Gasteiger partial charge on any atom is -0.352 e. The van der Waals surface area contributed by atoms with Crippen LogP contribution in [0.5, 0.6) is 0 Å². The normalized spacial score (nSPS) is 30.0. The van der Waals surface area contributed by atoms with Crippen LogP contribution in [0.3, 0.4) is 0 Å². The van der Waals surface area contributed by atoms with E-state index in [9.17, 15) is 22.8 Å². The Morgan fingerprint density at radius 1 is 1.24 bits per heavy atom. The average molecular weight is 306 g/mol. The first-order valence-corrected chi connectivity index (χ1v) is 7.30. The maximum Gasteiger partial charge on any atom is 0.391 e. The van der Waals surface area contributed by atoms with Crippen molar-refractivity contribution >= 4 is 11.8 Å². The molecule has 7 heteroatoms. The summed E-state index contributed by atoms with van der Waals surface area (Å²) in [5.74, 6) is -2.09. The van der Waals surface area contributed by atoms with Gasteiger partial charge in [0.2, 0.25) is 11.8 Å². The van der Waals surface area contributed by atoms with Gasteiger partial charge in [0.1, 0.15) is 5.54 Å². The predicted octanol–water partition coefficient (Wildman–Crippen LogP) is 2.09. The second kappa shape index (κ2) is 5.50. The number of carbonyl (C=O) groups excluding carboxylic acids is 2. The molecule has 0 radical (unpaired) electrons. The third kappa shape index (κ3) is 3.16. The average Bonchev–Trinajstić information content (AvgIpc) is 2.40. The zero-order valence-corrected chi connectivity index (χ0v) is 12.3. The first-order chi connectivity index (χ1) is 9.64. The van der Waals surface area contributed by atoms with E-state index in [-0.39, 0.29) is 37.5 Å². The highest BCUT2D eigenvalue weighted by Gasteiger charge is 2.46. The van der Waals surface area contributed by atoms with Crippen LogP contribution in [-0.4, -0.2) is 41.5 Å². The van der Waals surface area contributed by atoms with Crippen LogP contribution < -0.4 is 5.32 Å². The van der Waals surface area contributed by atoms with Crippen LogP contribution in [0.2, 0.25) is 0 Å². The van der Waals surface area contributed by atoms with Crippen molar-refractivity contribution in [2.24, 2.45) is 11.8 Å². The first-order valence-electron chi connectivity index (χ1n) is 7.30. The summed E-state index contributed by atoms with van der Waals surface area (Å²) in [7, 11) is 0. The molecule has 1 saturated heterocycles. The SMILES string of the molecule is CC1(C)C(=O)NCCN1C(=O)C1CCC(C(F)(F)F)CC1. The van der Waals surface area contributed by atoms with Crippen molar-refractivity contribution in [2.45, 2.75) is 51.2 Å². The van der Waals surface area contributed by atoms with Crippen molar-refractivity contribution in [3.8, 4) is 0 Å². The molecule has 0 aromatic rings. The van der Waals surface area contributed by atoms with Gasteiger partial charge < -0.3 is 10.2 Å². The fourth-order valence-electron chi connectivity index (χ4n) is 3.17. The van der Waals surface area contributed by atoms with E-state index in [1.54, 1.807) is 13.8 Å². The Labute approximate surface area is 122 Å². The Morgan fingerprint density at radius 3 is 2.33 bits per heavy atom. The van der Waals surface area contributed by atoms with Crippen molar-refractivity contribution < 1.29 is 22.8 Å². The highest BCUT2D eigenvalue weighted by atomic mass is 19.4. The zero-order chi connectivity index (χ0) is 15.8. The summed E-state index contributed by atoms with van der Waals surface area (Å²) in [5, 5.41) is 2.71. The van der Waals surface area contributed by atoms with E-state index in [1.165, 1.54) is 4.90 Å². The molecule has 1 N–H and O–H groups in total. The van der Waals surface area contributed by atoms with Crippen molar-refractivity contribution in [1.82, 2.24) is 10.2 Å². The molecule has 1 saturated carbocycles. The lowest BCUT2D eigenvalue weighted by Gasteiger charge is -2.43. The maximum atomic E-state index is 12.7. The smallest absolute Gasteiger partial charge is 0.352 e. The molecule has 1 heterocycles. The summed E-state index contributed by atoms with van der Waals surface area (Å²) < 4.78 is 38.0. The van der Waals surface area contributed by atoms with Gasteiger partial charge in [0.25, 0.3) is 0 Å². The number of piperazine rings is 1. The molecule has 120 valence electrons. The van der Waals surface area contributed by atoms with Gasteiger partial charge in [0.05, 0.1) is 5.92 Å². The monoisotopic (exact) mass is 306 g/mol. The van der Waals surface area contributed by atoms with E-state index in [1.807, 2.05) is 0 Å². The zero-order valence-electron chi connectivity index (χ0n) is 12.3. The highest BCUT2D eigenvalue weighted by Crippen LogP contribution is 2.40. The summed E-state index contributed by atoms with van der Waals surface area (Å²) in [5.41, 5.74) is -0.934. The largest absolute Gasteiger partial charge is 0.391 e. The van der Waals surface area contributed by atoms with Crippen LogP contribution in [0, 0.1) is 11.8 Å². The van der Waals surface area contributed by atoms with Crippen molar-refractivity contribution in [3.05, 3.63) is 0 Å². The van der Waals surface area contributed by atoms with Gasteiger partial charge in [-0.1, -0.05) is 0 Å². The minimum atomic E-state index is -4.17. The molecule has 0 unspecified atom stereocenters. The van der Waals surface area contributed by atoms with E-state index in [4.69, 9.17) is 0 Å². The van der Waals surface area contributed by atoms with Gasteiger partial charge in [-0.15, -0.1) is 0 Å². The molecule has 2 fully saturated rings. The molecule has 0 atom stereocenters. The molecule has 0 bridgehead atoms. The van der Waals surface area contributed by atoms with Crippen LogP contribution in [0.1, 0.15) is 39.5 Å². The van der Waals surface area contributed by atoms with Gasteiger partial charge in [-0.2, -0.15) is 13.2 Å². The van der Waals surface area contributed by atoms with Crippen LogP contribution in [-0.2, 0) is 9.59 Å². The summed E-state index contributed by atoms with van der Waals surface area (Å²) >= 11 is 0. The lowest BCUT2D eigenvalue weighted by atomic mass is 9.80. The second-order valence-corrected chi connectivity index (χ2v) is 6.39. The van der Waals surface area contributed by atoms with Gasteiger partial charge in [-0.3, -0.25) is 9.59 Å². The van der Waals surface area contributed by atoms with Gasteiger partial charge in [0, 0.05) is 19.0 Å². The molecule has 0 spiro atoms. The summed E-state index contributed by atoms with van der Waals surface area (Å²) in [4.78, 5) is 25.9. The number of hydrogen-bond donors (Lipinski definition) is 1. The quantitative estimate of drug-likeness (QED) is 0.806. The summed E-state index contributed by atoms with van der Waals surface area (Å²) in [6.45, 7) is 4.14. The van der Waals surface area contributed by atoms with Crippen LogP contribution in [0.15, 0.2) is 0 Å². The van der Waals surface area contributed by atoms with Gasteiger partial charge in [-0.05, 0) is 39.5 Å². The minimum absolute atomic E-state index is 0.000369. The molecular weight excluding hydrogens is 285 g/mol. The lowest BCUT2D eigenvalue weighted by molar-refractivity contribution is -0.186. The number of carbonyl (C=O) groups is 2. The maximum absolute atomic E-state index is 12.7. The Bertz CT molecular complexity index is 426. The molecule has 2 aliphatic rings. The van der Waals surface area contributed by atoms with E-state index in [0.29, 0.717) is 13.1 Å². The number of rotatable bonds is 1. The number of amides is 2. The van der Waals surface area contributed by atoms with E-state index in [2.05, 4.69) is 5.32 Å². The molecule has 2 amide bonds. The number of nitrogens with one attached hydrogen (secondary N) is 1. The van der Waals surface area contributed by atoms with E-state index in [0.717, 1.165) is 0 Å². The Morgan fingerprint density at radius 2 is 1.81 bits per heavy atom. The standard InChI is InChI=1S/C14H21F3N2O2/c1-13(2)12(21)18-7-8-19(13)11(20)9-3-5-10(6-4-9)14(15,16)17/h9-10H,3-8H2,1-2H3,(H,18,21). The molecule has 0 aromatic carbocycles. The predicted molar refractivity (Wildman–Crippen MR) is 70.3 cm³/mol. The Kier molecular flexibility index (Phi) is 4.22. The molecular formula is C14H21F3N2O2. The molecule has 2 rings (SSSR count). The lowest BCUT2D eigenvalue weighted by Crippen LogP contribution is -2.64. The number of alkyl halides is 3. The second-order valence-electron chi connectivity index (χ2n) is 6.39. The van der Waals surface area contributed by atoms with Gasteiger partial charge in [0.15, 0.2) is 0 Å². The Balaban J connectivity index is 2.00. The third-order valence-electron chi connectivity index (χ3n) is 4.66. The van der Waals surface area contributed by atoms with Gasteiger partial charge >= 0.3 is 6.18 Å². The van der Waals surface area contributed by atoms with Gasteiger partial charge in [-0.25, -0.2) is 0 Å². The van der Waals surface area contributed by atoms with Crippen molar-refractivity contribution in [3.63, 3.8) is 0 Å². The van der Waals surface area contributed by atoms with Crippen LogP contribution in [0.25, 0.3) is 0 Å². The van der Waals surface area contributed by atoms with E-state index >= 15 is 0 Å². The molecule has 0 aromatic heterocycles. The first kappa shape index (κ1) is 16.1. The molecule has 21 heavy (non-hydrogen) atoms. The van der Waals surface area contributed by atoms with Crippen LogP contribution in [0.4, 0.5) is 13.2 Å².